The van der Waals surface area contributed by atoms with Gasteiger partial charge in [0.1, 0.15) is 0 Å². The van der Waals surface area contributed by atoms with Crippen LogP contribution in [-0.4, -0.2) is 41.9 Å². The standard InChI is InChI=1S/C18H17ClN2O2S/c19-17-13-4-1-2-6-15(13)24-16(17)12-20-7-9-21(10-8-20)18(22)14-5-3-11-23-14/h1-6,11H,7-10,12H2. The second-order valence-electron chi connectivity index (χ2n) is 5.88. The molecule has 1 aliphatic heterocycles. The third kappa shape index (κ3) is 2.95. The maximum atomic E-state index is 12.3. The highest BCUT2D eigenvalue weighted by atomic mass is 35.5. The van der Waals surface area contributed by atoms with Crippen molar-refractivity contribution in [2.24, 2.45) is 0 Å². The van der Waals surface area contributed by atoms with Crippen LogP contribution in [0.4, 0.5) is 0 Å². The lowest BCUT2D eigenvalue weighted by Gasteiger charge is -2.34. The topological polar surface area (TPSA) is 36.7 Å². The first kappa shape index (κ1) is 15.7. The maximum absolute atomic E-state index is 12.3. The minimum atomic E-state index is -0.0282. The molecule has 0 aliphatic carbocycles. The van der Waals surface area contributed by atoms with Crippen LogP contribution in [0.3, 0.4) is 0 Å². The van der Waals surface area contributed by atoms with Crippen molar-refractivity contribution in [3.63, 3.8) is 0 Å². The summed E-state index contributed by atoms with van der Waals surface area (Å²) in [6.07, 6.45) is 1.53. The molecule has 3 heterocycles. The van der Waals surface area contributed by atoms with Crippen LogP contribution in [-0.2, 0) is 6.54 Å². The lowest BCUT2D eigenvalue weighted by Crippen LogP contribution is -2.48. The van der Waals surface area contributed by atoms with Crippen LogP contribution in [0.1, 0.15) is 15.4 Å². The van der Waals surface area contributed by atoms with Gasteiger partial charge in [0.05, 0.1) is 11.3 Å². The molecule has 1 aliphatic rings. The number of hydrogen-bond donors (Lipinski definition) is 0. The molecule has 24 heavy (non-hydrogen) atoms. The van der Waals surface area contributed by atoms with E-state index in [-0.39, 0.29) is 5.91 Å². The van der Waals surface area contributed by atoms with Crippen LogP contribution >= 0.6 is 22.9 Å². The van der Waals surface area contributed by atoms with Crippen molar-refractivity contribution in [1.29, 1.82) is 0 Å². The summed E-state index contributed by atoms with van der Waals surface area (Å²) in [6.45, 7) is 3.94. The summed E-state index contributed by atoms with van der Waals surface area (Å²) in [5.74, 6) is 0.385. The molecule has 1 aromatic carbocycles. The summed E-state index contributed by atoms with van der Waals surface area (Å²) in [7, 11) is 0. The smallest absolute Gasteiger partial charge is 0.289 e. The molecule has 4 rings (SSSR count). The molecule has 6 heteroatoms. The first-order valence-corrected chi connectivity index (χ1v) is 9.13. The number of carbonyl (C=O) groups excluding carboxylic acids is 1. The van der Waals surface area contributed by atoms with Crippen molar-refractivity contribution in [3.8, 4) is 0 Å². The van der Waals surface area contributed by atoms with E-state index in [1.807, 2.05) is 17.0 Å². The second kappa shape index (κ2) is 6.59. The molecule has 0 spiro atoms. The van der Waals surface area contributed by atoms with Gasteiger partial charge in [-0.2, -0.15) is 0 Å². The summed E-state index contributed by atoms with van der Waals surface area (Å²) in [6, 6.07) is 11.7. The van der Waals surface area contributed by atoms with Crippen LogP contribution in [0.5, 0.6) is 0 Å². The summed E-state index contributed by atoms with van der Waals surface area (Å²) >= 11 is 8.28. The van der Waals surface area contributed by atoms with Gasteiger partial charge in [-0.25, -0.2) is 0 Å². The van der Waals surface area contributed by atoms with Gasteiger partial charge >= 0.3 is 0 Å². The van der Waals surface area contributed by atoms with Crippen LogP contribution in [0, 0.1) is 0 Å². The number of piperazine rings is 1. The van der Waals surface area contributed by atoms with E-state index in [2.05, 4.69) is 17.0 Å². The predicted octanol–water partition coefficient (Wildman–Crippen LogP) is 4.11. The molecule has 3 aromatic rings. The monoisotopic (exact) mass is 360 g/mol. The van der Waals surface area contributed by atoms with Crippen LogP contribution in [0.25, 0.3) is 10.1 Å². The fourth-order valence-electron chi connectivity index (χ4n) is 3.03. The Morgan fingerprint density at radius 2 is 1.92 bits per heavy atom. The molecule has 4 nitrogen and oxygen atoms in total. The maximum Gasteiger partial charge on any atom is 0.289 e. The number of nitrogens with zero attached hydrogens (tertiary/aromatic N) is 2. The van der Waals surface area contributed by atoms with Gasteiger partial charge in [-0.1, -0.05) is 29.8 Å². The Kier molecular flexibility index (Phi) is 4.31. The fourth-order valence-corrected chi connectivity index (χ4v) is 4.57. The van der Waals surface area contributed by atoms with Crippen molar-refractivity contribution < 1.29 is 9.21 Å². The average molecular weight is 361 g/mol. The Bertz CT molecular complexity index is 851. The molecule has 124 valence electrons. The number of rotatable bonds is 3. The lowest BCUT2D eigenvalue weighted by molar-refractivity contribution is 0.0599. The molecule has 0 radical (unpaired) electrons. The van der Waals surface area contributed by atoms with Crippen LogP contribution in [0.2, 0.25) is 5.02 Å². The number of carbonyl (C=O) groups is 1. The summed E-state index contributed by atoms with van der Waals surface area (Å²) in [5.41, 5.74) is 0. The number of hydrogen-bond acceptors (Lipinski definition) is 4. The number of fused-ring (bicyclic) bond motifs is 1. The fraction of sp³-hybridized carbons (Fsp3) is 0.278. The molecule has 0 N–H and O–H groups in total. The van der Waals surface area contributed by atoms with E-state index in [1.54, 1.807) is 23.5 Å². The molecule has 0 saturated carbocycles. The van der Waals surface area contributed by atoms with E-state index in [0.29, 0.717) is 18.8 Å². The zero-order valence-electron chi connectivity index (χ0n) is 13.1. The Labute approximate surface area is 149 Å². The van der Waals surface area contributed by atoms with E-state index >= 15 is 0 Å². The normalized spacial score (nSPS) is 16.0. The van der Waals surface area contributed by atoms with Crippen molar-refractivity contribution in [1.82, 2.24) is 9.80 Å². The molecule has 0 unspecified atom stereocenters. The zero-order valence-corrected chi connectivity index (χ0v) is 14.6. The Morgan fingerprint density at radius 3 is 2.62 bits per heavy atom. The third-order valence-corrected chi connectivity index (χ3v) is 6.06. The Balaban J connectivity index is 1.41. The van der Waals surface area contributed by atoms with Gasteiger partial charge in [0, 0.05) is 47.7 Å². The van der Waals surface area contributed by atoms with Crippen LogP contribution < -0.4 is 0 Å². The van der Waals surface area contributed by atoms with Gasteiger partial charge in [-0.3, -0.25) is 9.69 Å². The third-order valence-electron chi connectivity index (χ3n) is 4.36. The molecular weight excluding hydrogens is 344 g/mol. The number of amides is 1. The highest BCUT2D eigenvalue weighted by molar-refractivity contribution is 7.19. The Hall–Kier alpha value is -1.82. The van der Waals surface area contributed by atoms with E-state index in [9.17, 15) is 4.79 Å². The molecule has 0 atom stereocenters. The number of thiophene rings is 1. The van der Waals surface area contributed by atoms with Crippen molar-refractivity contribution >= 4 is 38.9 Å². The SMILES string of the molecule is O=C(c1ccco1)N1CCN(Cc2sc3ccccc3c2Cl)CC1. The second-order valence-corrected chi connectivity index (χ2v) is 7.40. The highest BCUT2D eigenvalue weighted by Gasteiger charge is 2.24. The molecule has 1 fully saturated rings. The van der Waals surface area contributed by atoms with Crippen molar-refractivity contribution in [2.75, 3.05) is 26.2 Å². The van der Waals surface area contributed by atoms with Gasteiger partial charge in [0.25, 0.3) is 5.91 Å². The first-order valence-electron chi connectivity index (χ1n) is 7.93. The largest absolute Gasteiger partial charge is 0.459 e. The van der Waals surface area contributed by atoms with Gasteiger partial charge in [-0.05, 0) is 18.2 Å². The van der Waals surface area contributed by atoms with E-state index < -0.39 is 0 Å². The average Bonchev–Trinajstić information content (AvgIpc) is 3.25. The number of halogens is 1. The van der Waals surface area contributed by atoms with Crippen LogP contribution in [0.15, 0.2) is 47.1 Å². The first-order chi connectivity index (χ1) is 11.7. The predicted molar refractivity (Wildman–Crippen MR) is 96.7 cm³/mol. The molecule has 0 bridgehead atoms. The summed E-state index contributed by atoms with van der Waals surface area (Å²) < 4.78 is 6.43. The molecular formula is C18H17ClN2O2S. The van der Waals surface area contributed by atoms with E-state index in [0.717, 1.165) is 30.0 Å². The zero-order chi connectivity index (χ0) is 16.5. The van der Waals surface area contributed by atoms with Gasteiger partial charge in [-0.15, -0.1) is 11.3 Å². The van der Waals surface area contributed by atoms with Gasteiger partial charge in [0.15, 0.2) is 5.76 Å². The Morgan fingerprint density at radius 1 is 1.12 bits per heavy atom. The van der Waals surface area contributed by atoms with Crippen molar-refractivity contribution in [2.45, 2.75) is 6.54 Å². The quantitative estimate of drug-likeness (QED) is 0.705. The lowest BCUT2D eigenvalue weighted by atomic mass is 10.2. The molecule has 2 aromatic heterocycles. The highest BCUT2D eigenvalue weighted by Crippen LogP contribution is 2.36. The van der Waals surface area contributed by atoms with Gasteiger partial charge < -0.3 is 9.32 Å². The summed E-state index contributed by atoms with van der Waals surface area (Å²) in [4.78, 5) is 17.7. The van der Waals surface area contributed by atoms with E-state index in [1.165, 1.54) is 15.8 Å². The van der Waals surface area contributed by atoms with Crippen molar-refractivity contribution in [3.05, 3.63) is 58.3 Å². The van der Waals surface area contributed by atoms with Gasteiger partial charge in [0.2, 0.25) is 0 Å². The summed E-state index contributed by atoms with van der Waals surface area (Å²) in [5, 5.41) is 2.00. The number of furan rings is 1. The number of benzene rings is 1. The minimum absolute atomic E-state index is 0.0282. The van der Waals surface area contributed by atoms with E-state index in [4.69, 9.17) is 16.0 Å². The minimum Gasteiger partial charge on any atom is -0.459 e. The molecule has 1 saturated heterocycles. The molecule has 1 amide bonds.